The fourth-order valence-corrected chi connectivity index (χ4v) is 9.27. The van der Waals surface area contributed by atoms with Crippen molar-refractivity contribution in [3.63, 3.8) is 0 Å². The molecule has 0 amide bonds. The Morgan fingerprint density at radius 3 is 2.48 bits per heavy atom. The van der Waals surface area contributed by atoms with Gasteiger partial charge in [0.15, 0.2) is 5.78 Å². The summed E-state index contributed by atoms with van der Waals surface area (Å²) in [6.45, 7) is 14.7. The molecule has 0 bridgehead atoms. The zero-order valence-electron chi connectivity index (χ0n) is 21.1. The van der Waals surface area contributed by atoms with Crippen molar-refractivity contribution in [1.29, 1.82) is 0 Å². The van der Waals surface area contributed by atoms with Gasteiger partial charge in [0.25, 0.3) is 0 Å². The molecule has 3 fully saturated rings. The maximum Gasteiger partial charge on any atom is 0.155 e. The molecule has 176 valence electrons. The van der Waals surface area contributed by atoms with Crippen LogP contribution in [0.4, 0.5) is 0 Å². The van der Waals surface area contributed by atoms with E-state index in [0.29, 0.717) is 23.7 Å². The molecule has 2 nitrogen and oxygen atoms in total. The fourth-order valence-electron chi connectivity index (χ4n) is 9.27. The Morgan fingerprint density at radius 2 is 1.81 bits per heavy atom. The Morgan fingerprint density at radius 1 is 1.06 bits per heavy atom. The molecular weight excluding hydrogens is 380 g/mol. The van der Waals surface area contributed by atoms with Gasteiger partial charge in [-0.05, 0) is 109 Å². The van der Waals surface area contributed by atoms with Gasteiger partial charge in [-0.25, -0.2) is 0 Å². The third kappa shape index (κ3) is 3.87. The first-order valence-electron chi connectivity index (χ1n) is 13.5. The number of hydrogen-bond donors (Lipinski definition) is 1. The van der Waals surface area contributed by atoms with Gasteiger partial charge >= 0.3 is 0 Å². The van der Waals surface area contributed by atoms with Crippen molar-refractivity contribution in [2.45, 2.75) is 112 Å². The molecule has 3 saturated carbocycles. The molecule has 0 saturated heterocycles. The first-order chi connectivity index (χ1) is 14.6. The Hall–Kier alpha value is -0.630. The summed E-state index contributed by atoms with van der Waals surface area (Å²) in [5, 5.41) is 11.1. The lowest BCUT2D eigenvalue weighted by Gasteiger charge is -2.59. The van der Waals surface area contributed by atoms with Crippen LogP contribution in [0.15, 0.2) is 11.6 Å². The molecule has 0 spiro atoms. The van der Waals surface area contributed by atoms with Crippen LogP contribution < -0.4 is 0 Å². The second kappa shape index (κ2) is 8.62. The molecule has 0 aliphatic heterocycles. The van der Waals surface area contributed by atoms with Crippen LogP contribution in [0.2, 0.25) is 0 Å². The average Bonchev–Trinajstić information content (AvgIpc) is 3.07. The molecule has 2 heteroatoms. The molecule has 4 aliphatic rings. The summed E-state index contributed by atoms with van der Waals surface area (Å²) in [7, 11) is 0. The second-order valence-electron chi connectivity index (χ2n) is 12.8. The summed E-state index contributed by atoms with van der Waals surface area (Å²) in [4.78, 5) is 12.1. The molecule has 4 aliphatic carbocycles. The molecule has 0 unspecified atom stereocenters. The van der Waals surface area contributed by atoms with Crippen LogP contribution in [0.1, 0.15) is 106 Å². The zero-order valence-corrected chi connectivity index (χ0v) is 21.1. The van der Waals surface area contributed by atoms with E-state index in [1.54, 1.807) is 0 Å². The van der Waals surface area contributed by atoms with Gasteiger partial charge in [-0.2, -0.15) is 0 Å². The van der Waals surface area contributed by atoms with E-state index in [-0.39, 0.29) is 11.2 Å². The van der Waals surface area contributed by atoms with E-state index < -0.39 is 6.10 Å². The van der Waals surface area contributed by atoms with Gasteiger partial charge in [0.05, 0.1) is 6.10 Å². The summed E-state index contributed by atoms with van der Waals surface area (Å²) < 4.78 is 0. The average molecular weight is 429 g/mol. The van der Waals surface area contributed by atoms with Gasteiger partial charge in [0.1, 0.15) is 0 Å². The monoisotopic (exact) mass is 428 g/mol. The number of fused-ring (bicyclic) bond motifs is 5. The number of hydrogen-bond acceptors (Lipinski definition) is 2. The molecule has 9 atom stereocenters. The maximum absolute atomic E-state index is 12.1. The molecule has 1 N–H and O–H groups in total. The smallest absolute Gasteiger partial charge is 0.155 e. The van der Waals surface area contributed by atoms with Crippen molar-refractivity contribution in [2.75, 3.05) is 0 Å². The largest absolute Gasteiger partial charge is 0.389 e. The Kier molecular flexibility index (Phi) is 6.54. The van der Waals surface area contributed by atoms with Gasteiger partial charge in [-0.1, -0.05) is 54.4 Å². The lowest BCUT2D eigenvalue weighted by molar-refractivity contribution is -0.119. The van der Waals surface area contributed by atoms with Crippen molar-refractivity contribution in [1.82, 2.24) is 0 Å². The lowest BCUT2D eigenvalue weighted by atomic mass is 9.46. The van der Waals surface area contributed by atoms with Crippen LogP contribution in [0.3, 0.4) is 0 Å². The standard InChI is InChI=1S/C29H48O2/c1-7-20(18(2)3)9-8-19(4)23-10-11-24-22-17-27(31)26-16-21(30)12-14-29(26,6)25(22)13-15-28(23,24)5/h16,18-20,22-25,27,31H,7-15,17H2,1-6H3/t19-,20+,22+,23-,24-,25+,27-,28-,29-/m1/s1. The van der Waals surface area contributed by atoms with Gasteiger partial charge in [0.2, 0.25) is 0 Å². The van der Waals surface area contributed by atoms with Gasteiger partial charge in [0, 0.05) is 6.42 Å². The topological polar surface area (TPSA) is 37.3 Å². The highest BCUT2D eigenvalue weighted by molar-refractivity contribution is 5.91. The van der Waals surface area contributed by atoms with Crippen molar-refractivity contribution in [2.24, 2.45) is 52.3 Å². The summed E-state index contributed by atoms with van der Waals surface area (Å²) in [5.41, 5.74) is 1.57. The predicted molar refractivity (Wildman–Crippen MR) is 129 cm³/mol. The summed E-state index contributed by atoms with van der Waals surface area (Å²) in [6.07, 6.45) is 13.4. The number of ketones is 1. The Labute approximate surface area is 191 Å². The van der Waals surface area contributed by atoms with Crippen molar-refractivity contribution in [3.8, 4) is 0 Å². The van der Waals surface area contributed by atoms with Gasteiger partial charge in [-0.15, -0.1) is 0 Å². The molecule has 0 aromatic heterocycles. The van der Waals surface area contributed by atoms with Crippen LogP contribution in [0, 0.1) is 52.3 Å². The van der Waals surface area contributed by atoms with Crippen molar-refractivity contribution >= 4 is 5.78 Å². The number of carbonyl (C=O) groups excluding carboxylic acids is 1. The third-order valence-electron chi connectivity index (χ3n) is 11.2. The SMILES string of the molecule is CC[C@@H](CC[C@@H](C)[C@H]1CC[C@@H]2[C@@H]3C[C@@H](O)C4=CC(=O)CC[C@]4(C)[C@H]3CC[C@@]21C)C(C)C. The zero-order chi connectivity index (χ0) is 22.6. The minimum atomic E-state index is -0.398. The van der Waals surface area contributed by atoms with E-state index in [1.807, 2.05) is 6.08 Å². The molecule has 4 rings (SSSR count). The van der Waals surface area contributed by atoms with Crippen LogP contribution in [-0.2, 0) is 4.79 Å². The Bertz CT molecular complexity index is 708. The second-order valence-corrected chi connectivity index (χ2v) is 12.8. The van der Waals surface area contributed by atoms with E-state index >= 15 is 0 Å². The predicted octanol–water partition coefficient (Wildman–Crippen LogP) is 7.20. The summed E-state index contributed by atoms with van der Waals surface area (Å²) in [5.74, 6) is 5.62. The first-order valence-corrected chi connectivity index (χ1v) is 13.5. The molecule has 31 heavy (non-hydrogen) atoms. The lowest BCUT2D eigenvalue weighted by Crippen LogP contribution is -2.54. The van der Waals surface area contributed by atoms with E-state index in [4.69, 9.17) is 0 Å². The van der Waals surface area contributed by atoms with Crippen LogP contribution in [-0.4, -0.2) is 17.0 Å². The minimum absolute atomic E-state index is 0.0485. The van der Waals surface area contributed by atoms with Gasteiger partial charge in [-0.3, -0.25) is 4.79 Å². The quantitative estimate of drug-likeness (QED) is 0.485. The fraction of sp³-hybridized carbons (Fsp3) is 0.897. The van der Waals surface area contributed by atoms with E-state index in [9.17, 15) is 9.90 Å². The van der Waals surface area contributed by atoms with Crippen LogP contribution >= 0.6 is 0 Å². The summed E-state index contributed by atoms with van der Waals surface area (Å²) in [6, 6.07) is 0. The van der Waals surface area contributed by atoms with Crippen molar-refractivity contribution in [3.05, 3.63) is 11.6 Å². The molecular formula is C29H48O2. The highest BCUT2D eigenvalue weighted by Crippen LogP contribution is 2.67. The molecule has 0 heterocycles. The normalized spacial score (nSPS) is 44.3. The minimum Gasteiger partial charge on any atom is -0.389 e. The molecule has 0 radical (unpaired) electrons. The number of rotatable bonds is 6. The van der Waals surface area contributed by atoms with E-state index in [2.05, 4.69) is 41.5 Å². The molecule has 0 aromatic carbocycles. The Balaban J connectivity index is 1.51. The number of aliphatic hydroxyl groups is 1. The number of aliphatic hydroxyl groups excluding tert-OH is 1. The highest BCUT2D eigenvalue weighted by Gasteiger charge is 2.60. The highest BCUT2D eigenvalue weighted by atomic mass is 16.3. The van der Waals surface area contributed by atoms with Crippen LogP contribution in [0.5, 0.6) is 0 Å². The number of carbonyl (C=O) groups is 1. The third-order valence-corrected chi connectivity index (χ3v) is 11.2. The molecule has 0 aromatic rings. The van der Waals surface area contributed by atoms with Crippen LogP contribution in [0.25, 0.3) is 0 Å². The first kappa shape index (κ1) is 23.5. The van der Waals surface area contributed by atoms with E-state index in [1.165, 1.54) is 44.9 Å². The maximum atomic E-state index is 12.1. The van der Waals surface area contributed by atoms with Gasteiger partial charge < -0.3 is 5.11 Å². The van der Waals surface area contributed by atoms with Crippen molar-refractivity contribution < 1.29 is 9.90 Å². The summed E-state index contributed by atoms with van der Waals surface area (Å²) >= 11 is 0. The van der Waals surface area contributed by atoms with E-state index in [0.717, 1.165) is 48.0 Å².